The molecular weight excluding hydrogens is 536 g/mol. The van der Waals surface area contributed by atoms with Gasteiger partial charge in [-0.15, -0.1) is 15.3 Å². The van der Waals surface area contributed by atoms with Gasteiger partial charge in [-0.05, 0) is 48.5 Å². The van der Waals surface area contributed by atoms with E-state index in [-0.39, 0.29) is 11.4 Å². The second-order valence-electron chi connectivity index (χ2n) is 5.84. The lowest BCUT2D eigenvalue weighted by molar-refractivity contribution is -0.0504. The summed E-state index contributed by atoms with van der Waals surface area (Å²) < 4.78 is 125. The van der Waals surface area contributed by atoms with Crippen LogP contribution < -0.4 is 13.8 Å². The van der Waals surface area contributed by atoms with Crippen LogP contribution in [0.4, 0.5) is 37.7 Å². The zero-order valence-electron chi connectivity index (χ0n) is 16.4. The molecule has 0 saturated heterocycles. The Labute approximate surface area is 192 Å². The van der Waals surface area contributed by atoms with Gasteiger partial charge in [-0.3, -0.25) is 5.43 Å². The van der Waals surface area contributed by atoms with Crippen LogP contribution in [0.2, 0.25) is 0 Å². The third kappa shape index (κ3) is 7.54. The lowest BCUT2D eigenvalue weighted by atomic mass is 10.3. The number of nitriles is 1. The van der Waals surface area contributed by atoms with Gasteiger partial charge in [0, 0.05) is 0 Å². The van der Waals surface area contributed by atoms with Crippen molar-refractivity contribution in [3.05, 3.63) is 48.5 Å². The number of nitrogens with zero attached hydrogens (tertiary/aromatic N) is 4. The summed E-state index contributed by atoms with van der Waals surface area (Å²) in [6.45, 7) is 0. The topological polar surface area (TPSA) is 160 Å². The van der Waals surface area contributed by atoms with E-state index in [4.69, 9.17) is 5.26 Å². The van der Waals surface area contributed by atoms with Gasteiger partial charge in [0.2, 0.25) is 0 Å². The Morgan fingerprint density at radius 1 is 0.800 bits per heavy atom. The van der Waals surface area contributed by atoms with Crippen LogP contribution in [0.15, 0.2) is 63.9 Å². The van der Waals surface area contributed by atoms with Crippen LogP contribution in [0.1, 0.15) is 0 Å². The summed E-state index contributed by atoms with van der Waals surface area (Å²) in [7, 11) is -11.7. The number of azo groups is 1. The fourth-order valence-corrected chi connectivity index (χ4v) is 2.71. The smallest absolute Gasteiger partial charge is 0.376 e. The number of hydrogen-bond donors (Lipinski definition) is 1. The van der Waals surface area contributed by atoms with Crippen molar-refractivity contribution in [2.75, 3.05) is 5.43 Å². The van der Waals surface area contributed by atoms with Gasteiger partial charge < -0.3 is 8.37 Å². The Morgan fingerprint density at radius 2 is 1.23 bits per heavy atom. The number of rotatable bonds is 7. The van der Waals surface area contributed by atoms with Crippen molar-refractivity contribution in [1.29, 1.82) is 5.26 Å². The third-order valence-electron chi connectivity index (χ3n) is 3.32. The quantitative estimate of drug-likeness (QED) is 0.103. The first-order valence-electron chi connectivity index (χ1n) is 8.41. The molecule has 0 aromatic heterocycles. The molecule has 0 heterocycles. The first-order valence-corrected chi connectivity index (χ1v) is 11.2. The fraction of sp³-hybridized carbons (Fsp3) is 0.125. The molecule has 35 heavy (non-hydrogen) atoms. The second-order valence-corrected chi connectivity index (χ2v) is 8.92. The zero-order valence-corrected chi connectivity index (χ0v) is 18.1. The van der Waals surface area contributed by atoms with Gasteiger partial charge in [-0.2, -0.15) is 48.4 Å². The lowest BCUT2D eigenvalue weighted by Gasteiger charge is -2.09. The normalized spacial score (nSPS) is 13.3. The Hall–Kier alpha value is -3.92. The van der Waals surface area contributed by atoms with Gasteiger partial charge in [0.05, 0.1) is 11.4 Å². The molecule has 0 atom stereocenters. The maximum absolute atomic E-state index is 12.3. The summed E-state index contributed by atoms with van der Waals surface area (Å²) in [5.41, 5.74) is -8.89. The highest BCUT2D eigenvalue weighted by Gasteiger charge is 2.49. The van der Waals surface area contributed by atoms with Gasteiger partial charge in [-0.1, -0.05) is 0 Å². The summed E-state index contributed by atoms with van der Waals surface area (Å²) >= 11 is 0. The van der Waals surface area contributed by atoms with Gasteiger partial charge in [-0.25, -0.2) is 0 Å². The SMILES string of the molecule is N#C/C(N=Nc1ccc(OS(=O)(=O)C(F)(F)F)cc1)=N\Nc1ccc(OS(=O)(=O)C(F)(F)F)cc1. The number of benzene rings is 2. The minimum Gasteiger partial charge on any atom is -0.376 e. The highest BCUT2D eigenvalue weighted by atomic mass is 32.2. The van der Waals surface area contributed by atoms with Crippen LogP contribution in [0.5, 0.6) is 11.5 Å². The van der Waals surface area contributed by atoms with Gasteiger partial charge >= 0.3 is 31.3 Å². The summed E-state index contributed by atoms with van der Waals surface area (Å²) in [6, 6.07) is 9.18. The maximum atomic E-state index is 12.3. The number of anilines is 1. The molecule has 2 aromatic carbocycles. The molecular formula is C16H9F6N5O6S2. The molecule has 0 bridgehead atoms. The Balaban J connectivity index is 2.04. The molecule has 0 radical (unpaired) electrons. The number of nitrogens with one attached hydrogen (secondary N) is 1. The van der Waals surface area contributed by atoms with E-state index in [0.29, 0.717) is 0 Å². The predicted molar refractivity (Wildman–Crippen MR) is 105 cm³/mol. The van der Waals surface area contributed by atoms with Crippen molar-refractivity contribution in [3.63, 3.8) is 0 Å². The zero-order chi connectivity index (χ0) is 26.5. The van der Waals surface area contributed by atoms with Crippen molar-refractivity contribution in [2.45, 2.75) is 11.0 Å². The van der Waals surface area contributed by atoms with Crippen LogP contribution in [0.3, 0.4) is 0 Å². The van der Waals surface area contributed by atoms with Crippen LogP contribution in [-0.2, 0) is 20.2 Å². The molecule has 1 N–H and O–H groups in total. The lowest BCUT2D eigenvalue weighted by Crippen LogP contribution is -2.28. The number of hydrazone groups is 1. The first kappa shape index (κ1) is 27.3. The molecule has 0 aliphatic heterocycles. The third-order valence-corrected chi connectivity index (χ3v) is 5.28. The molecule has 0 fully saturated rings. The number of amidine groups is 1. The molecule has 2 rings (SSSR count). The largest absolute Gasteiger partial charge is 0.534 e. The Kier molecular flexibility index (Phi) is 7.92. The Morgan fingerprint density at radius 3 is 1.63 bits per heavy atom. The van der Waals surface area contributed by atoms with Crippen LogP contribution in [0, 0.1) is 11.3 Å². The van der Waals surface area contributed by atoms with Gasteiger partial charge in [0.1, 0.15) is 17.6 Å². The molecule has 11 nitrogen and oxygen atoms in total. The average molecular weight is 545 g/mol. The molecule has 0 saturated carbocycles. The Bertz CT molecular complexity index is 1360. The summed E-state index contributed by atoms with van der Waals surface area (Å²) in [5.74, 6) is -1.88. The van der Waals surface area contributed by atoms with Crippen LogP contribution >= 0.6 is 0 Å². The minimum atomic E-state index is -5.86. The number of halogens is 6. The molecule has 0 aliphatic carbocycles. The van der Waals surface area contributed by atoms with Gasteiger partial charge in [0.15, 0.2) is 0 Å². The average Bonchev–Trinajstić information content (AvgIpc) is 2.74. The molecule has 0 unspecified atom stereocenters. The van der Waals surface area contributed by atoms with E-state index in [1.54, 1.807) is 0 Å². The number of alkyl halides is 6. The van der Waals surface area contributed by atoms with Crippen molar-refractivity contribution in [1.82, 2.24) is 0 Å². The molecule has 0 aliphatic rings. The van der Waals surface area contributed by atoms with Crippen LogP contribution in [0.25, 0.3) is 0 Å². The molecule has 2 aromatic rings. The van der Waals surface area contributed by atoms with Gasteiger partial charge in [0.25, 0.3) is 5.84 Å². The van der Waals surface area contributed by atoms with E-state index < -0.39 is 48.6 Å². The highest BCUT2D eigenvalue weighted by molar-refractivity contribution is 7.88. The van der Waals surface area contributed by atoms with Crippen molar-refractivity contribution in [3.8, 4) is 17.6 Å². The monoisotopic (exact) mass is 545 g/mol. The molecule has 188 valence electrons. The van der Waals surface area contributed by atoms with E-state index in [2.05, 4.69) is 29.1 Å². The first-order chi connectivity index (χ1) is 16.0. The van der Waals surface area contributed by atoms with E-state index >= 15 is 0 Å². The van der Waals surface area contributed by atoms with E-state index in [0.717, 1.165) is 48.5 Å². The molecule has 19 heteroatoms. The second kappa shape index (κ2) is 10.1. The van der Waals surface area contributed by atoms with Crippen molar-refractivity contribution >= 4 is 37.4 Å². The highest BCUT2D eigenvalue weighted by Crippen LogP contribution is 2.29. The van der Waals surface area contributed by atoms with E-state index in [1.165, 1.54) is 6.07 Å². The predicted octanol–water partition coefficient (Wildman–Crippen LogP) is 4.18. The summed E-state index contributed by atoms with van der Waals surface area (Å²) in [4.78, 5) is 0. The maximum Gasteiger partial charge on any atom is 0.534 e. The minimum absolute atomic E-state index is 0.0305. The van der Waals surface area contributed by atoms with E-state index in [9.17, 15) is 43.2 Å². The van der Waals surface area contributed by atoms with Crippen LogP contribution in [-0.4, -0.2) is 33.7 Å². The summed E-state index contributed by atoms with van der Waals surface area (Å²) in [6.07, 6.45) is 0. The van der Waals surface area contributed by atoms with Crippen molar-refractivity contribution < 1.29 is 51.5 Å². The number of hydrogen-bond acceptors (Lipinski definition) is 10. The fourth-order valence-electron chi connectivity index (χ4n) is 1.79. The molecule has 0 amide bonds. The van der Waals surface area contributed by atoms with Crippen molar-refractivity contribution in [2.24, 2.45) is 15.3 Å². The standard InChI is InChI=1S/C16H9F6N5O6S2/c17-15(18,19)34(28,29)32-12-5-1-10(2-6-12)24-26-14(9-23)27-25-11-3-7-13(8-4-11)33-35(30,31)16(20,21)22/h1-8,24H/b26-14+,27-25?. The molecule has 0 spiro atoms. The van der Waals surface area contributed by atoms with E-state index in [1.807, 2.05) is 0 Å². The summed E-state index contributed by atoms with van der Waals surface area (Å²) in [5, 5.41) is 19.6.